The van der Waals surface area contributed by atoms with Crippen molar-refractivity contribution in [3.05, 3.63) is 86.8 Å². The highest BCUT2D eigenvalue weighted by molar-refractivity contribution is 7.98. The van der Waals surface area contributed by atoms with Gasteiger partial charge in [0.05, 0.1) is 23.9 Å². The van der Waals surface area contributed by atoms with Gasteiger partial charge >= 0.3 is 6.18 Å². The fourth-order valence-electron chi connectivity index (χ4n) is 3.73. The van der Waals surface area contributed by atoms with Crippen LogP contribution in [0.5, 0.6) is 5.75 Å². The normalized spacial score (nSPS) is 14.2. The molecule has 0 radical (unpaired) electrons. The number of thioether (sulfide) groups is 1. The van der Waals surface area contributed by atoms with Crippen molar-refractivity contribution >= 4 is 11.8 Å². The van der Waals surface area contributed by atoms with Gasteiger partial charge in [0.25, 0.3) is 5.56 Å². The average Bonchev–Trinajstić information content (AvgIpc) is 2.78. The van der Waals surface area contributed by atoms with Gasteiger partial charge in [-0.25, -0.2) is 4.98 Å². The van der Waals surface area contributed by atoms with E-state index in [0.717, 1.165) is 35.7 Å². The van der Waals surface area contributed by atoms with E-state index in [1.165, 1.54) is 17.8 Å². The van der Waals surface area contributed by atoms with Crippen LogP contribution in [0.15, 0.2) is 58.5 Å². The third kappa shape index (κ3) is 5.16. The van der Waals surface area contributed by atoms with Crippen molar-refractivity contribution in [2.45, 2.75) is 36.6 Å². The van der Waals surface area contributed by atoms with Crippen LogP contribution < -0.4 is 10.3 Å². The summed E-state index contributed by atoms with van der Waals surface area (Å²) < 4.78 is 44.1. The molecule has 0 unspecified atom stereocenters. The Morgan fingerprint density at radius 3 is 2.78 bits per heavy atom. The molecule has 0 atom stereocenters. The van der Waals surface area contributed by atoms with Gasteiger partial charge in [-0.15, -0.1) is 0 Å². The van der Waals surface area contributed by atoms with Crippen molar-refractivity contribution in [1.82, 2.24) is 14.9 Å². The van der Waals surface area contributed by atoms with E-state index in [-0.39, 0.29) is 11.3 Å². The number of aromatic amines is 1. The summed E-state index contributed by atoms with van der Waals surface area (Å²) in [6.45, 7) is 1.89. The quantitative estimate of drug-likeness (QED) is 0.428. The van der Waals surface area contributed by atoms with Crippen LogP contribution in [0, 0.1) is 0 Å². The number of para-hydroxylation sites is 1. The first-order valence-corrected chi connectivity index (χ1v) is 11.1. The fourth-order valence-corrected chi connectivity index (χ4v) is 4.55. The molecule has 5 nitrogen and oxygen atoms in total. The second kappa shape index (κ2) is 9.38. The number of fused-ring (bicyclic) bond motifs is 1. The number of alkyl halides is 3. The lowest BCUT2D eigenvalue weighted by atomic mass is 10.1. The van der Waals surface area contributed by atoms with E-state index >= 15 is 0 Å². The van der Waals surface area contributed by atoms with Crippen LogP contribution in [-0.4, -0.2) is 28.5 Å². The first-order chi connectivity index (χ1) is 15.3. The second-order valence-corrected chi connectivity index (χ2v) is 8.52. The van der Waals surface area contributed by atoms with Crippen LogP contribution in [0.25, 0.3) is 0 Å². The Morgan fingerprint density at radius 2 is 2.00 bits per heavy atom. The third-order valence-electron chi connectivity index (χ3n) is 5.34. The lowest BCUT2D eigenvalue weighted by Gasteiger charge is -2.28. The van der Waals surface area contributed by atoms with Gasteiger partial charge in [0.15, 0.2) is 5.16 Å². The number of nitrogens with one attached hydrogen (secondary N) is 1. The fraction of sp³-hybridized carbons (Fsp3) is 0.304. The van der Waals surface area contributed by atoms with Crippen molar-refractivity contribution in [3.63, 3.8) is 0 Å². The summed E-state index contributed by atoms with van der Waals surface area (Å²) in [5, 5.41) is 0.421. The smallest absolute Gasteiger partial charge is 0.416 e. The van der Waals surface area contributed by atoms with Gasteiger partial charge < -0.3 is 9.72 Å². The number of nitrogens with zero attached hydrogens (tertiary/aromatic N) is 2. The molecule has 0 bridgehead atoms. The molecule has 0 spiro atoms. The van der Waals surface area contributed by atoms with Crippen LogP contribution in [0.3, 0.4) is 0 Å². The highest BCUT2D eigenvalue weighted by atomic mass is 32.2. The topological polar surface area (TPSA) is 58.2 Å². The number of halogens is 3. The number of benzene rings is 2. The van der Waals surface area contributed by atoms with Gasteiger partial charge in [-0.05, 0) is 17.7 Å². The Kier molecular flexibility index (Phi) is 6.57. The zero-order valence-corrected chi connectivity index (χ0v) is 18.2. The molecule has 0 fully saturated rings. The molecule has 0 saturated carbocycles. The van der Waals surface area contributed by atoms with Crippen LogP contribution in [-0.2, 0) is 31.4 Å². The van der Waals surface area contributed by atoms with Gasteiger partial charge in [-0.1, -0.05) is 48.2 Å². The maximum absolute atomic E-state index is 12.9. The maximum atomic E-state index is 12.9. The van der Waals surface area contributed by atoms with E-state index in [1.54, 1.807) is 13.2 Å². The molecule has 32 heavy (non-hydrogen) atoms. The van der Waals surface area contributed by atoms with Crippen molar-refractivity contribution < 1.29 is 17.9 Å². The summed E-state index contributed by atoms with van der Waals surface area (Å²) in [5.74, 6) is 1.10. The maximum Gasteiger partial charge on any atom is 0.416 e. The second-order valence-electron chi connectivity index (χ2n) is 7.56. The first kappa shape index (κ1) is 22.4. The molecule has 2 heterocycles. The van der Waals surface area contributed by atoms with E-state index in [0.29, 0.717) is 35.8 Å². The number of ether oxygens (including phenoxy) is 1. The molecule has 1 aliphatic heterocycles. The lowest BCUT2D eigenvalue weighted by Crippen LogP contribution is -2.35. The van der Waals surface area contributed by atoms with Crippen molar-refractivity contribution in [3.8, 4) is 5.75 Å². The SMILES string of the molecule is COc1ccccc1CN1CCc2nc(SCc3cccc(C(F)(F)F)c3)[nH]c(=O)c2C1. The van der Waals surface area contributed by atoms with Crippen molar-refractivity contribution in [2.24, 2.45) is 0 Å². The van der Waals surface area contributed by atoms with E-state index in [9.17, 15) is 18.0 Å². The number of aromatic nitrogens is 2. The molecule has 0 amide bonds. The monoisotopic (exact) mass is 461 g/mol. The number of rotatable bonds is 6. The van der Waals surface area contributed by atoms with Crippen LogP contribution in [0.2, 0.25) is 0 Å². The minimum absolute atomic E-state index is 0.203. The van der Waals surface area contributed by atoms with Crippen LogP contribution in [0.1, 0.15) is 27.9 Å². The van der Waals surface area contributed by atoms with E-state index in [1.807, 2.05) is 24.3 Å². The summed E-state index contributed by atoms with van der Waals surface area (Å²) in [6.07, 6.45) is -3.75. The summed E-state index contributed by atoms with van der Waals surface area (Å²) in [7, 11) is 1.64. The molecule has 1 aliphatic rings. The standard InChI is InChI=1S/C23H22F3N3O2S/c1-31-20-8-3-2-6-16(20)12-29-10-9-19-18(13-29)21(30)28-22(27-19)32-14-15-5-4-7-17(11-15)23(24,25)26/h2-8,11H,9-10,12-14H2,1H3,(H,27,28,30). The molecule has 1 N–H and O–H groups in total. The molecule has 9 heteroatoms. The molecule has 4 rings (SSSR count). The zero-order chi connectivity index (χ0) is 22.7. The molecular weight excluding hydrogens is 439 g/mol. The van der Waals surface area contributed by atoms with E-state index in [2.05, 4.69) is 14.9 Å². The summed E-state index contributed by atoms with van der Waals surface area (Å²) in [5.41, 5.74) is 2.07. The summed E-state index contributed by atoms with van der Waals surface area (Å²) in [6, 6.07) is 13.0. The third-order valence-corrected chi connectivity index (χ3v) is 6.29. The Hall–Kier alpha value is -2.78. The van der Waals surface area contributed by atoms with E-state index < -0.39 is 11.7 Å². The first-order valence-electron chi connectivity index (χ1n) is 10.1. The minimum atomic E-state index is -4.38. The number of hydrogen-bond acceptors (Lipinski definition) is 5. The lowest BCUT2D eigenvalue weighted by molar-refractivity contribution is -0.137. The van der Waals surface area contributed by atoms with E-state index in [4.69, 9.17) is 4.74 Å². The van der Waals surface area contributed by atoms with Gasteiger partial charge in [-0.3, -0.25) is 9.69 Å². The number of methoxy groups -OCH3 is 1. The zero-order valence-electron chi connectivity index (χ0n) is 17.4. The van der Waals surface area contributed by atoms with Gasteiger partial charge in [-0.2, -0.15) is 13.2 Å². The Bertz CT molecular complexity index is 1160. The molecule has 3 aromatic rings. The minimum Gasteiger partial charge on any atom is -0.496 e. The Morgan fingerprint density at radius 1 is 1.19 bits per heavy atom. The number of hydrogen-bond donors (Lipinski definition) is 1. The highest BCUT2D eigenvalue weighted by Crippen LogP contribution is 2.31. The predicted octanol–water partition coefficient (Wildman–Crippen LogP) is 4.65. The molecule has 2 aromatic carbocycles. The Labute approximate surface area is 187 Å². The van der Waals surface area contributed by atoms with Crippen LogP contribution >= 0.6 is 11.8 Å². The van der Waals surface area contributed by atoms with Crippen molar-refractivity contribution in [1.29, 1.82) is 0 Å². The molecule has 0 saturated heterocycles. The summed E-state index contributed by atoms with van der Waals surface area (Å²) >= 11 is 1.22. The molecule has 0 aliphatic carbocycles. The predicted molar refractivity (Wildman–Crippen MR) is 117 cm³/mol. The molecule has 1 aromatic heterocycles. The Balaban J connectivity index is 1.45. The largest absolute Gasteiger partial charge is 0.496 e. The van der Waals surface area contributed by atoms with Crippen molar-refractivity contribution in [2.75, 3.05) is 13.7 Å². The molecule has 168 valence electrons. The summed E-state index contributed by atoms with van der Waals surface area (Å²) in [4.78, 5) is 22.2. The highest BCUT2D eigenvalue weighted by Gasteiger charge is 2.30. The average molecular weight is 462 g/mol. The number of H-pyrrole nitrogens is 1. The molecular formula is C23H22F3N3O2S. The van der Waals surface area contributed by atoms with Gasteiger partial charge in [0.1, 0.15) is 5.75 Å². The van der Waals surface area contributed by atoms with Crippen LogP contribution in [0.4, 0.5) is 13.2 Å². The van der Waals surface area contributed by atoms with Gasteiger partial charge in [0, 0.05) is 37.4 Å². The van der Waals surface area contributed by atoms with Gasteiger partial charge in [0.2, 0.25) is 0 Å².